The van der Waals surface area contributed by atoms with E-state index in [4.69, 9.17) is 0 Å². The van der Waals surface area contributed by atoms with Crippen LogP contribution in [-0.4, -0.2) is 56.6 Å². The van der Waals surface area contributed by atoms with Gasteiger partial charge >= 0.3 is 0 Å². The Morgan fingerprint density at radius 1 is 1.03 bits per heavy atom. The molecule has 1 aliphatic rings. The number of amides is 1. The van der Waals surface area contributed by atoms with Crippen LogP contribution >= 0.6 is 0 Å². The number of piperidine rings is 1. The van der Waals surface area contributed by atoms with Gasteiger partial charge in [0.2, 0.25) is 0 Å². The SMILES string of the molecule is C[C@@H]1CN(Cc2ccccc2)C[C@@H](C)C1N(C)C(=O)c1cccc(S(C)(=O)=O)c1. The first-order valence-corrected chi connectivity index (χ1v) is 11.9. The van der Waals surface area contributed by atoms with Gasteiger partial charge in [0, 0.05) is 44.5 Å². The standard InChI is InChI=1S/C23H30N2O3S/c1-17-14-25(16-19-9-6-5-7-10-19)15-18(2)22(17)24(3)23(26)20-11-8-12-21(13-20)29(4,27)28/h5-13,17-18,22H,14-16H2,1-4H3/t17-,18-/m1/s1. The number of nitrogens with zero attached hydrogens (tertiary/aromatic N) is 2. The van der Waals surface area contributed by atoms with Gasteiger partial charge in [-0.15, -0.1) is 0 Å². The average molecular weight is 415 g/mol. The van der Waals surface area contributed by atoms with Crippen LogP contribution in [0.3, 0.4) is 0 Å². The van der Waals surface area contributed by atoms with Gasteiger partial charge in [-0.3, -0.25) is 9.69 Å². The van der Waals surface area contributed by atoms with Crippen LogP contribution < -0.4 is 0 Å². The van der Waals surface area contributed by atoms with E-state index in [0.29, 0.717) is 17.4 Å². The number of hydrogen-bond acceptors (Lipinski definition) is 4. The van der Waals surface area contributed by atoms with Crippen molar-refractivity contribution in [2.45, 2.75) is 31.3 Å². The van der Waals surface area contributed by atoms with E-state index >= 15 is 0 Å². The summed E-state index contributed by atoms with van der Waals surface area (Å²) in [6.07, 6.45) is 1.16. The van der Waals surface area contributed by atoms with Gasteiger partial charge in [-0.05, 0) is 35.6 Å². The molecule has 2 aromatic rings. The monoisotopic (exact) mass is 414 g/mol. The first-order chi connectivity index (χ1) is 13.7. The van der Waals surface area contributed by atoms with Crippen molar-refractivity contribution in [2.75, 3.05) is 26.4 Å². The smallest absolute Gasteiger partial charge is 0.253 e. The van der Waals surface area contributed by atoms with E-state index < -0.39 is 9.84 Å². The minimum Gasteiger partial charge on any atom is -0.338 e. The van der Waals surface area contributed by atoms with E-state index in [-0.39, 0.29) is 16.8 Å². The number of carbonyl (C=O) groups is 1. The molecule has 1 amide bonds. The summed E-state index contributed by atoms with van der Waals surface area (Å²) in [6.45, 7) is 7.14. The number of benzene rings is 2. The van der Waals surface area contributed by atoms with Crippen molar-refractivity contribution in [3.8, 4) is 0 Å². The van der Waals surface area contributed by atoms with Crippen LogP contribution in [0.5, 0.6) is 0 Å². The molecule has 1 fully saturated rings. The van der Waals surface area contributed by atoms with Gasteiger partial charge in [-0.25, -0.2) is 8.42 Å². The number of likely N-dealkylation sites (tertiary alicyclic amines) is 1. The molecule has 2 atom stereocenters. The minimum atomic E-state index is -3.35. The van der Waals surface area contributed by atoms with Crippen LogP contribution in [-0.2, 0) is 16.4 Å². The molecule has 0 unspecified atom stereocenters. The van der Waals surface area contributed by atoms with E-state index in [0.717, 1.165) is 25.9 Å². The summed E-state index contributed by atoms with van der Waals surface area (Å²) in [4.78, 5) is 17.5. The van der Waals surface area contributed by atoms with E-state index in [1.54, 1.807) is 17.0 Å². The van der Waals surface area contributed by atoms with Crippen LogP contribution in [0, 0.1) is 11.8 Å². The van der Waals surface area contributed by atoms with Gasteiger partial charge in [-0.1, -0.05) is 50.2 Å². The van der Waals surface area contributed by atoms with E-state index in [9.17, 15) is 13.2 Å². The summed E-state index contributed by atoms with van der Waals surface area (Å²) in [6, 6.07) is 16.9. The quantitative estimate of drug-likeness (QED) is 0.753. The predicted octanol–water partition coefficient (Wildman–Crippen LogP) is 3.32. The molecule has 5 nitrogen and oxygen atoms in total. The second kappa shape index (κ2) is 8.67. The summed E-state index contributed by atoms with van der Waals surface area (Å²) in [5.74, 6) is 0.500. The largest absolute Gasteiger partial charge is 0.338 e. The zero-order valence-corrected chi connectivity index (χ0v) is 18.4. The predicted molar refractivity (Wildman–Crippen MR) is 115 cm³/mol. The average Bonchev–Trinajstić information content (AvgIpc) is 2.67. The molecule has 2 aromatic carbocycles. The van der Waals surface area contributed by atoms with Gasteiger partial charge in [0.15, 0.2) is 9.84 Å². The maximum atomic E-state index is 13.1. The molecule has 156 valence electrons. The van der Waals surface area contributed by atoms with Crippen molar-refractivity contribution < 1.29 is 13.2 Å². The highest BCUT2D eigenvalue weighted by molar-refractivity contribution is 7.90. The molecule has 1 aliphatic heterocycles. The lowest BCUT2D eigenvalue weighted by Crippen LogP contribution is -2.55. The maximum absolute atomic E-state index is 13.1. The fourth-order valence-electron chi connectivity index (χ4n) is 4.60. The van der Waals surface area contributed by atoms with Crippen LogP contribution in [0.25, 0.3) is 0 Å². The van der Waals surface area contributed by atoms with Crippen molar-refractivity contribution in [1.29, 1.82) is 0 Å². The first kappa shape index (κ1) is 21.5. The molecule has 1 saturated heterocycles. The summed E-state index contributed by atoms with van der Waals surface area (Å²) < 4.78 is 23.7. The Morgan fingerprint density at radius 3 is 2.24 bits per heavy atom. The van der Waals surface area contributed by atoms with Crippen molar-refractivity contribution >= 4 is 15.7 Å². The van der Waals surface area contributed by atoms with Crippen molar-refractivity contribution in [3.63, 3.8) is 0 Å². The number of sulfone groups is 1. The number of carbonyl (C=O) groups excluding carboxylic acids is 1. The first-order valence-electron chi connectivity index (χ1n) is 10.0. The van der Waals surface area contributed by atoms with Crippen LogP contribution in [0.2, 0.25) is 0 Å². The highest BCUT2D eigenvalue weighted by Crippen LogP contribution is 2.28. The van der Waals surface area contributed by atoms with Crippen molar-refractivity contribution in [2.24, 2.45) is 11.8 Å². The summed E-state index contributed by atoms with van der Waals surface area (Å²) in [7, 11) is -1.51. The molecule has 0 bridgehead atoms. The fraction of sp³-hybridized carbons (Fsp3) is 0.435. The van der Waals surface area contributed by atoms with Gasteiger partial charge in [0.25, 0.3) is 5.91 Å². The lowest BCUT2D eigenvalue weighted by Gasteiger charge is -2.45. The van der Waals surface area contributed by atoms with Crippen LogP contribution in [0.15, 0.2) is 59.5 Å². The Bertz CT molecular complexity index is 947. The van der Waals surface area contributed by atoms with E-state index in [1.807, 2.05) is 13.1 Å². The topological polar surface area (TPSA) is 57.7 Å². The second-order valence-electron chi connectivity index (χ2n) is 8.34. The fourth-order valence-corrected chi connectivity index (χ4v) is 5.27. The second-order valence-corrected chi connectivity index (χ2v) is 10.4. The van der Waals surface area contributed by atoms with E-state index in [2.05, 4.69) is 43.0 Å². The zero-order valence-electron chi connectivity index (χ0n) is 17.6. The molecule has 29 heavy (non-hydrogen) atoms. The van der Waals surface area contributed by atoms with Gasteiger partial charge in [-0.2, -0.15) is 0 Å². The molecule has 0 aliphatic carbocycles. The molecule has 0 N–H and O–H groups in total. The van der Waals surface area contributed by atoms with Crippen molar-refractivity contribution in [3.05, 3.63) is 65.7 Å². The molecule has 1 heterocycles. The molecular formula is C23H30N2O3S. The Kier molecular flexibility index (Phi) is 6.44. The maximum Gasteiger partial charge on any atom is 0.253 e. The van der Waals surface area contributed by atoms with Gasteiger partial charge in [0.05, 0.1) is 4.90 Å². The minimum absolute atomic E-state index is 0.108. The third-order valence-corrected chi connectivity index (χ3v) is 6.89. The highest BCUT2D eigenvalue weighted by atomic mass is 32.2. The molecule has 6 heteroatoms. The molecule has 0 aromatic heterocycles. The Hall–Kier alpha value is -2.18. The number of rotatable bonds is 5. The summed E-state index contributed by atoms with van der Waals surface area (Å²) in [5.41, 5.74) is 1.72. The third-order valence-electron chi connectivity index (χ3n) is 5.78. The summed E-state index contributed by atoms with van der Waals surface area (Å²) >= 11 is 0. The normalized spacial score (nSPS) is 21.1. The summed E-state index contributed by atoms with van der Waals surface area (Å²) in [5, 5.41) is 0. The highest BCUT2D eigenvalue weighted by Gasteiger charge is 2.36. The van der Waals surface area contributed by atoms with Crippen molar-refractivity contribution in [1.82, 2.24) is 9.80 Å². The molecule has 0 radical (unpaired) electrons. The van der Waals surface area contributed by atoms with Gasteiger partial charge in [0.1, 0.15) is 0 Å². The van der Waals surface area contributed by atoms with Crippen LogP contribution in [0.1, 0.15) is 29.8 Å². The molecule has 3 rings (SSSR count). The number of hydrogen-bond donors (Lipinski definition) is 0. The molecule has 0 saturated carbocycles. The lowest BCUT2D eigenvalue weighted by molar-refractivity contribution is 0.0271. The lowest BCUT2D eigenvalue weighted by atomic mass is 9.84. The van der Waals surface area contributed by atoms with E-state index in [1.165, 1.54) is 17.7 Å². The molecular weight excluding hydrogens is 384 g/mol. The Morgan fingerprint density at radius 2 is 1.66 bits per heavy atom. The third kappa shape index (κ3) is 5.06. The van der Waals surface area contributed by atoms with Gasteiger partial charge < -0.3 is 4.90 Å². The molecule has 0 spiro atoms. The van der Waals surface area contributed by atoms with Crippen LogP contribution in [0.4, 0.5) is 0 Å². The Balaban J connectivity index is 1.72. The Labute approximate surface area is 174 Å². The zero-order chi connectivity index (χ0) is 21.2.